The fourth-order valence-corrected chi connectivity index (χ4v) is 2.65. The summed E-state index contributed by atoms with van der Waals surface area (Å²) in [5, 5.41) is 13.0. The molecule has 1 heterocycles. The number of hydrogen-bond donors (Lipinski definition) is 2. The third kappa shape index (κ3) is 3.48. The molecule has 0 aliphatic carbocycles. The molecule has 1 fully saturated rings. The maximum atomic E-state index is 12.4. The van der Waals surface area contributed by atoms with Gasteiger partial charge in [-0.3, -0.25) is 4.79 Å². The molecule has 1 aromatic carbocycles. The molecule has 0 radical (unpaired) electrons. The Morgan fingerprint density at radius 1 is 1.42 bits per heavy atom. The van der Waals surface area contributed by atoms with E-state index in [1.54, 1.807) is 17.0 Å². The van der Waals surface area contributed by atoms with Gasteiger partial charge in [0.25, 0.3) is 5.91 Å². The van der Waals surface area contributed by atoms with Gasteiger partial charge < -0.3 is 15.3 Å². The van der Waals surface area contributed by atoms with Gasteiger partial charge in [0.05, 0.1) is 4.47 Å². The standard InChI is InChI=1S/C14H19BrN2O2/c1-17(11-3-2-7-16-8-6-11)14(19)10-4-5-12(15)13(18)9-10/h4-5,9,11,16,18H,2-3,6-8H2,1H3. The van der Waals surface area contributed by atoms with Crippen molar-refractivity contribution in [3.05, 3.63) is 28.2 Å². The van der Waals surface area contributed by atoms with Crippen LogP contribution < -0.4 is 5.32 Å². The summed E-state index contributed by atoms with van der Waals surface area (Å²) in [7, 11) is 1.84. The summed E-state index contributed by atoms with van der Waals surface area (Å²) in [5.74, 6) is 0.0662. The quantitative estimate of drug-likeness (QED) is 0.877. The predicted molar refractivity (Wildman–Crippen MR) is 78.4 cm³/mol. The minimum absolute atomic E-state index is 0.0327. The molecule has 0 bridgehead atoms. The van der Waals surface area contributed by atoms with Crippen molar-refractivity contribution in [3.8, 4) is 5.75 Å². The van der Waals surface area contributed by atoms with Crippen molar-refractivity contribution in [1.82, 2.24) is 10.2 Å². The smallest absolute Gasteiger partial charge is 0.253 e. The molecule has 104 valence electrons. The molecule has 2 N–H and O–H groups in total. The zero-order valence-corrected chi connectivity index (χ0v) is 12.6. The van der Waals surface area contributed by atoms with Crippen LogP contribution in [0.1, 0.15) is 29.6 Å². The fraction of sp³-hybridized carbons (Fsp3) is 0.500. The summed E-state index contributed by atoms with van der Waals surface area (Å²) in [6.07, 6.45) is 3.09. The van der Waals surface area contributed by atoms with E-state index >= 15 is 0 Å². The van der Waals surface area contributed by atoms with Crippen molar-refractivity contribution >= 4 is 21.8 Å². The van der Waals surface area contributed by atoms with Gasteiger partial charge in [0, 0.05) is 18.7 Å². The fourth-order valence-electron chi connectivity index (χ4n) is 2.40. The van der Waals surface area contributed by atoms with E-state index in [1.807, 2.05) is 7.05 Å². The number of halogens is 1. The van der Waals surface area contributed by atoms with E-state index in [2.05, 4.69) is 21.2 Å². The number of phenols is 1. The van der Waals surface area contributed by atoms with Crippen LogP contribution in [0.2, 0.25) is 0 Å². The van der Waals surface area contributed by atoms with Crippen molar-refractivity contribution in [1.29, 1.82) is 0 Å². The van der Waals surface area contributed by atoms with Crippen LogP contribution in [0.5, 0.6) is 5.75 Å². The van der Waals surface area contributed by atoms with Crippen LogP contribution in [-0.2, 0) is 0 Å². The predicted octanol–water partition coefficient (Wildman–Crippen LogP) is 2.37. The minimum Gasteiger partial charge on any atom is -0.507 e. The number of nitrogens with zero attached hydrogens (tertiary/aromatic N) is 1. The van der Waals surface area contributed by atoms with Crippen LogP contribution in [0.4, 0.5) is 0 Å². The highest BCUT2D eigenvalue weighted by atomic mass is 79.9. The maximum Gasteiger partial charge on any atom is 0.253 e. The van der Waals surface area contributed by atoms with Gasteiger partial charge in [-0.2, -0.15) is 0 Å². The summed E-state index contributed by atoms with van der Waals surface area (Å²) in [4.78, 5) is 14.2. The van der Waals surface area contributed by atoms with E-state index in [0.29, 0.717) is 10.0 Å². The SMILES string of the molecule is CN(C(=O)c1ccc(Br)c(O)c1)C1CCCNCC1. The first-order valence-corrected chi connectivity index (χ1v) is 7.35. The Morgan fingerprint density at radius 2 is 2.21 bits per heavy atom. The summed E-state index contributed by atoms with van der Waals surface area (Å²) >= 11 is 3.22. The summed E-state index contributed by atoms with van der Waals surface area (Å²) < 4.78 is 0.602. The number of phenolic OH excluding ortho intramolecular Hbond substituents is 1. The van der Waals surface area contributed by atoms with E-state index in [4.69, 9.17) is 0 Å². The third-order valence-corrected chi connectivity index (χ3v) is 4.28. The van der Waals surface area contributed by atoms with Crippen molar-refractivity contribution < 1.29 is 9.90 Å². The number of carbonyl (C=O) groups excluding carboxylic acids is 1. The van der Waals surface area contributed by atoms with E-state index < -0.39 is 0 Å². The summed E-state index contributed by atoms with van der Waals surface area (Å²) in [5.41, 5.74) is 0.528. The van der Waals surface area contributed by atoms with Gasteiger partial charge in [-0.25, -0.2) is 0 Å². The number of benzene rings is 1. The lowest BCUT2D eigenvalue weighted by Crippen LogP contribution is -2.37. The second-order valence-electron chi connectivity index (χ2n) is 4.92. The van der Waals surface area contributed by atoms with E-state index in [0.717, 1.165) is 32.4 Å². The molecule has 5 heteroatoms. The number of aromatic hydroxyl groups is 1. The Labute approximate surface area is 121 Å². The number of nitrogens with one attached hydrogen (secondary N) is 1. The minimum atomic E-state index is -0.0327. The number of hydrogen-bond acceptors (Lipinski definition) is 3. The van der Waals surface area contributed by atoms with Crippen molar-refractivity contribution in [2.24, 2.45) is 0 Å². The molecule has 0 aromatic heterocycles. The molecule has 1 aliphatic rings. The van der Waals surface area contributed by atoms with Gasteiger partial charge in [-0.15, -0.1) is 0 Å². The molecule has 0 saturated carbocycles. The number of rotatable bonds is 2. The monoisotopic (exact) mass is 326 g/mol. The Kier molecular flexibility index (Phi) is 4.82. The molecule has 1 unspecified atom stereocenters. The van der Waals surface area contributed by atoms with Crippen molar-refractivity contribution in [3.63, 3.8) is 0 Å². The van der Waals surface area contributed by atoms with Gasteiger partial charge in [0.15, 0.2) is 0 Å². The average Bonchev–Trinajstić information content (AvgIpc) is 2.69. The zero-order valence-electron chi connectivity index (χ0n) is 11.0. The number of amides is 1. The molecule has 0 spiro atoms. The third-order valence-electron chi connectivity index (χ3n) is 3.61. The molecule has 4 nitrogen and oxygen atoms in total. The topological polar surface area (TPSA) is 52.6 Å². The Hall–Kier alpha value is -1.07. The second-order valence-corrected chi connectivity index (χ2v) is 5.77. The molecular weight excluding hydrogens is 308 g/mol. The Morgan fingerprint density at radius 3 is 2.95 bits per heavy atom. The van der Waals surface area contributed by atoms with Crippen LogP contribution in [0.25, 0.3) is 0 Å². The van der Waals surface area contributed by atoms with Gasteiger partial charge in [0.2, 0.25) is 0 Å². The highest BCUT2D eigenvalue weighted by Gasteiger charge is 2.22. The molecule has 1 amide bonds. The first-order chi connectivity index (χ1) is 9.09. The summed E-state index contributed by atoms with van der Waals surface area (Å²) in [6.45, 7) is 1.98. The van der Waals surface area contributed by atoms with E-state index in [-0.39, 0.29) is 17.7 Å². The van der Waals surface area contributed by atoms with E-state index in [9.17, 15) is 9.90 Å². The Bertz CT molecular complexity index is 457. The van der Waals surface area contributed by atoms with Gasteiger partial charge in [-0.1, -0.05) is 0 Å². The highest BCUT2D eigenvalue weighted by molar-refractivity contribution is 9.10. The largest absolute Gasteiger partial charge is 0.507 e. The van der Waals surface area contributed by atoms with Gasteiger partial charge >= 0.3 is 0 Å². The second kappa shape index (κ2) is 6.39. The molecule has 1 saturated heterocycles. The van der Waals surface area contributed by atoms with Crippen LogP contribution in [-0.4, -0.2) is 42.1 Å². The van der Waals surface area contributed by atoms with Gasteiger partial charge in [-0.05, 0) is 66.5 Å². The lowest BCUT2D eigenvalue weighted by Gasteiger charge is -2.27. The van der Waals surface area contributed by atoms with Crippen molar-refractivity contribution in [2.75, 3.05) is 20.1 Å². The van der Waals surface area contributed by atoms with Crippen LogP contribution in [0.3, 0.4) is 0 Å². The van der Waals surface area contributed by atoms with Crippen LogP contribution >= 0.6 is 15.9 Å². The molecule has 1 aliphatic heterocycles. The van der Waals surface area contributed by atoms with E-state index in [1.165, 1.54) is 6.07 Å². The molecular formula is C14H19BrN2O2. The van der Waals surface area contributed by atoms with Gasteiger partial charge in [0.1, 0.15) is 5.75 Å². The van der Waals surface area contributed by atoms with Crippen LogP contribution in [0, 0.1) is 0 Å². The average molecular weight is 327 g/mol. The lowest BCUT2D eigenvalue weighted by molar-refractivity contribution is 0.0720. The maximum absolute atomic E-state index is 12.4. The highest BCUT2D eigenvalue weighted by Crippen LogP contribution is 2.25. The normalized spacial score (nSPS) is 19.8. The molecule has 19 heavy (non-hydrogen) atoms. The molecule has 1 atom stereocenters. The summed E-state index contributed by atoms with van der Waals surface area (Å²) in [6, 6.07) is 5.22. The van der Waals surface area contributed by atoms with Crippen LogP contribution in [0.15, 0.2) is 22.7 Å². The van der Waals surface area contributed by atoms with Crippen molar-refractivity contribution in [2.45, 2.75) is 25.3 Å². The Balaban J connectivity index is 2.10. The molecule has 1 aromatic rings. The zero-order chi connectivity index (χ0) is 13.8. The first kappa shape index (κ1) is 14.3. The molecule has 2 rings (SSSR count). The first-order valence-electron chi connectivity index (χ1n) is 6.56. The lowest BCUT2D eigenvalue weighted by atomic mass is 10.1. The number of carbonyl (C=O) groups is 1.